The Morgan fingerprint density at radius 1 is 1.75 bits per heavy atom. The number of nitrogens with two attached hydrogens (primary N) is 1. The number of primary amides is 1. The normalized spacial score (nSPS) is 13.8. The van der Waals surface area contributed by atoms with Crippen molar-refractivity contribution >= 4 is 17.5 Å². The summed E-state index contributed by atoms with van der Waals surface area (Å²) in [6.07, 6.45) is 1.63. The maximum Gasteiger partial charge on any atom is 0.322 e. The van der Waals surface area contributed by atoms with Crippen molar-refractivity contribution in [1.82, 2.24) is 4.98 Å². The molecule has 0 aliphatic carbocycles. The maximum absolute atomic E-state index is 10.8. The van der Waals surface area contributed by atoms with Crippen LogP contribution in [0, 0.1) is 0 Å². The van der Waals surface area contributed by atoms with Gasteiger partial charge in [0, 0.05) is 6.20 Å². The third-order valence-electron chi connectivity index (χ3n) is 1.74. The molecular weight excluding hydrogens is 156 g/mol. The fraction of sp³-hybridized carbons (Fsp3) is 0.143. The minimum absolute atomic E-state index is 0.404. The van der Waals surface area contributed by atoms with Crippen molar-refractivity contribution in [3.05, 3.63) is 18.3 Å². The first kappa shape index (κ1) is 6.90. The Bertz CT molecular complexity index is 325. The van der Waals surface area contributed by atoms with Gasteiger partial charge in [-0.2, -0.15) is 0 Å². The lowest BCUT2D eigenvalue weighted by Crippen LogP contribution is -2.35. The number of aromatic nitrogens is 1. The van der Waals surface area contributed by atoms with E-state index in [-0.39, 0.29) is 0 Å². The highest BCUT2D eigenvalue weighted by Gasteiger charge is 2.22. The first-order valence-corrected chi connectivity index (χ1v) is 3.55. The molecule has 0 aromatic carbocycles. The van der Waals surface area contributed by atoms with E-state index in [9.17, 15) is 4.79 Å². The van der Waals surface area contributed by atoms with E-state index in [1.54, 1.807) is 12.3 Å². The molecule has 0 radical (unpaired) electrons. The van der Waals surface area contributed by atoms with Gasteiger partial charge in [0.1, 0.15) is 0 Å². The fourth-order valence-corrected chi connectivity index (χ4v) is 1.17. The van der Waals surface area contributed by atoms with E-state index in [4.69, 9.17) is 5.73 Å². The van der Waals surface area contributed by atoms with Gasteiger partial charge in [0.15, 0.2) is 5.82 Å². The number of fused-ring (bicyclic) bond motifs is 1. The molecule has 1 aliphatic rings. The zero-order valence-electron chi connectivity index (χ0n) is 6.32. The zero-order chi connectivity index (χ0) is 8.55. The van der Waals surface area contributed by atoms with Crippen LogP contribution < -0.4 is 16.0 Å². The Labute approximate surface area is 69.2 Å². The Hall–Kier alpha value is -1.78. The summed E-state index contributed by atoms with van der Waals surface area (Å²) in [6.45, 7) is 0.404. The summed E-state index contributed by atoms with van der Waals surface area (Å²) in [5.41, 5.74) is 5.96. The van der Waals surface area contributed by atoms with Crippen LogP contribution in [0.15, 0.2) is 18.3 Å². The quantitative estimate of drug-likeness (QED) is 0.581. The molecule has 12 heavy (non-hydrogen) atoms. The molecule has 2 rings (SSSR count). The molecule has 0 saturated carbocycles. The number of nitrogens with zero attached hydrogens (tertiary/aromatic N) is 2. The average molecular weight is 164 g/mol. The third kappa shape index (κ3) is 0.868. The third-order valence-corrected chi connectivity index (χ3v) is 1.74. The molecule has 1 aromatic rings. The maximum atomic E-state index is 10.8. The van der Waals surface area contributed by atoms with Crippen molar-refractivity contribution in [2.24, 2.45) is 5.73 Å². The number of pyridine rings is 1. The van der Waals surface area contributed by atoms with Gasteiger partial charge in [-0.25, -0.2) is 9.78 Å². The molecule has 5 heteroatoms. The topological polar surface area (TPSA) is 71.2 Å². The van der Waals surface area contributed by atoms with Crippen LogP contribution in [0.3, 0.4) is 0 Å². The molecule has 0 atom stereocenters. The monoisotopic (exact) mass is 164 g/mol. The van der Waals surface area contributed by atoms with Gasteiger partial charge in [-0.15, -0.1) is 0 Å². The molecule has 0 bridgehead atoms. The zero-order valence-corrected chi connectivity index (χ0v) is 6.32. The lowest BCUT2D eigenvalue weighted by molar-refractivity contribution is 0.254. The summed E-state index contributed by atoms with van der Waals surface area (Å²) in [4.78, 5) is 16.2. The number of amides is 2. The van der Waals surface area contributed by atoms with Crippen molar-refractivity contribution in [3.63, 3.8) is 0 Å². The number of carbonyl (C=O) groups is 1. The first-order valence-electron chi connectivity index (χ1n) is 3.55. The first-order chi connectivity index (χ1) is 5.79. The van der Waals surface area contributed by atoms with Crippen LogP contribution in [0.5, 0.6) is 0 Å². The molecule has 0 unspecified atom stereocenters. The van der Waals surface area contributed by atoms with E-state index in [0.29, 0.717) is 12.5 Å². The Morgan fingerprint density at radius 2 is 2.58 bits per heavy atom. The van der Waals surface area contributed by atoms with Crippen LogP contribution in [0.25, 0.3) is 0 Å². The lowest BCUT2D eigenvalue weighted by atomic mass is 10.4. The van der Waals surface area contributed by atoms with Crippen molar-refractivity contribution < 1.29 is 4.79 Å². The summed E-state index contributed by atoms with van der Waals surface area (Å²) in [5, 5.41) is 2.99. The van der Waals surface area contributed by atoms with Gasteiger partial charge < -0.3 is 11.1 Å². The van der Waals surface area contributed by atoms with Crippen LogP contribution >= 0.6 is 0 Å². The molecule has 5 nitrogen and oxygen atoms in total. The van der Waals surface area contributed by atoms with E-state index in [2.05, 4.69) is 10.3 Å². The molecule has 2 heterocycles. The Balaban J connectivity index is 2.42. The predicted octanol–water partition coefficient (Wildman–Crippen LogP) is 0.350. The average Bonchev–Trinajstić information content (AvgIpc) is 2.47. The second-order valence-corrected chi connectivity index (χ2v) is 2.48. The van der Waals surface area contributed by atoms with Crippen molar-refractivity contribution in [2.75, 3.05) is 16.9 Å². The number of carbonyl (C=O) groups excluding carboxylic acids is 1. The van der Waals surface area contributed by atoms with Gasteiger partial charge in [-0.3, -0.25) is 4.90 Å². The minimum Gasteiger partial charge on any atom is -0.364 e. The molecular formula is C7H8N4O. The molecule has 1 aromatic heterocycles. The van der Waals surface area contributed by atoms with E-state index < -0.39 is 6.03 Å². The standard InChI is InChI=1S/C7H8N4O/c8-7(12)11-4-10-5-2-1-3-9-6(5)11/h1-3,10H,4H2,(H2,8,12). The molecule has 2 amide bonds. The predicted molar refractivity (Wildman–Crippen MR) is 44.8 cm³/mol. The lowest BCUT2D eigenvalue weighted by Gasteiger charge is -2.09. The number of rotatable bonds is 0. The minimum atomic E-state index is -0.486. The summed E-state index contributed by atoms with van der Waals surface area (Å²) < 4.78 is 0. The van der Waals surface area contributed by atoms with E-state index in [0.717, 1.165) is 5.69 Å². The van der Waals surface area contributed by atoms with E-state index in [1.807, 2.05) is 6.07 Å². The van der Waals surface area contributed by atoms with Gasteiger partial charge >= 0.3 is 6.03 Å². The summed E-state index contributed by atoms with van der Waals surface area (Å²) >= 11 is 0. The molecule has 0 fully saturated rings. The molecule has 62 valence electrons. The Kier molecular flexibility index (Phi) is 1.36. The van der Waals surface area contributed by atoms with Crippen molar-refractivity contribution in [1.29, 1.82) is 0 Å². The number of hydrogen-bond donors (Lipinski definition) is 2. The number of urea groups is 1. The highest BCUT2D eigenvalue weighted by Crippen LogP contribution is 2.27. The smallest absolute Gasteiger partial charge is 0.322 e. The van der Waals surface area contributed by atoms with Crippen LogP contribution in [0.1, 0.15) is 0 Å². The molecule has 1 aliphatic heterocycles. The van der Waals surface area contributed by atoms with Gasteiger partial charge in [-0.05, 0) is 12.1 Å². The number of nitrogens with one attached hydrogen (secondary N) is 1. The van der Waals surface area contributed by atoms with Crippen molar-refractivity contribution in [3.8, 4) is 0 Å². The summed E-state index contributed by atoms with van der Waals surface area (Å²) in [7, 11) is 0. The fourth-order valence-electron chi connectivity index (χ4n) is 1.17. The van der Waals surface area contributed by atoms with E-state index in [1.165, 1.54) is 4.90 Å². The molecule has 0 spiro atoms. The molecule has 0 saturated heterocycles. The van der Waals surface area contributed by atoms with Crippen LogP contribution in [0.2, 0.25) is 0 Å². The summed E-state index contributed by atoms with van der Waals surface area (Å²) in [6, 6.07) is 3.17. The van der Waals surface area contributed by atoms with Gasteiger partial charge in [0.05, 0.1) is 12.4 Å². The van der Waals surface area contributed by atoms with Gasteiger partial charge in [0.2, 0.25) is 0 Å². The molecule has 3 N–H and O–H groups in total. The number of hydrogen-bond acceptors (Lipinski definition) is 3. The van der Waals surface area contributed by atoms with E-state index >= 15 is 0 Å². The second kappa shape index (κ2) is 2.37. The van der Waals surface area contributed by atoms with Gasteiger partial charge in [0.25, 0.3) is 0 Å². The van der Waals surface area contributed by atoms with Crippen LogP contribution in [0.4, 0.5) is 16.3 Å². The highest BCUT2D eigenvalue weighted by molar-refractivity contribution is 5.95. The largest absolute Gasteiger partial charge is 0.364 e. The van der Waals surface area contributed by atoms with Crippen LogP contribution in [-0.2, 0) is 0 Å². The number of anilines is 2. The van der Waals surface area contributed by atoms with Crippen molar-refractivity contribution in [2.45, 2.75) is 0 Å². The Morgan fingerprint density at radius 3 is 3.33 bits per heavy atom. The SMILES string of the molecule is NC(=O)N1CNc2cccnc21. The second-order valence-electron chi connectivity index (χ2n) is 2.48. The summed E-state index contributed by atoms with van der Waals surface area (Å²) in [5.74, 6) is 0.602. The van der Waals surface area contributed by atoms with Crippen LogP contribution in [-0.4, -0.2) is 17.7 Å². The highest BCUT2D eigenvalue weighted by atomic mass is 16.2. The van der Waals surface area contributed by atoms with Gasteiger partial charge in [-0.1, -0.05) is 0 Å².